The van der Waals surface area contributed by atoms with E-state index in [9.17, 15) is 4.79 Å². The van der Waals surface area contributed by atoms with Gasteiger partial charge in [-0.1, -0.05) is 64.8 Å². The summed E-state index contributed by atoms with van der Waals surface area (Å²) in [6, 6.07) is 0. The van der Waals surface area contributed by atoms with Crippen molar-refractivity contribution < 1.29 is 9.53 Å². The minimum Gasteiger partial charge on any atom is -0.377 e. The summed E-state index contributed by atoms with van der Waals surface area (Å²) >= 11 is 0. The van der Waals surface area contributed by atoms with E-state index in [-0.39, 0.29) is 16.9 Å². The molecule has 4 aliphatic rings. The largest absolute Gasteiger partial charge is 0.377 e. The van der Waals surface area contributed by atoms with Crippen molar-refractivity contribution in [1.82, 2.24) is 0 Å². The first-order valence-corrected chi connectivity index (χ1v) is 13.7. The molecule has 0 spiro atoms. The highest BCUT2D eigenvalue weighted by atomic mass is 16.5. The van der Waals surface area contributed by atoms with Crippen molar-refractivity contribution in [2.75, 3.05) is 7.11 Å². The van der Waals surface area contributed by atoms with E-state index >= 15 is 0 Å². The van der Waals surface area contributed by atoms with E-state index in [1.165, 1.54) is 31.3 Å². The molecule has 0 saturated heterocycles. The molecule has 33 heavy (non-hydrogen) atoms. The molecule has 2 nitrogen and oxygen atoms in total. The lowest BCUT2D eigenvalue weighted by atomic mass is 9.41. The quantitative estimate of drug-likeness (QED) is 0.392. The van der Waals surface area contributed by atoms with Crippen LogP contribution in [0, 0.1) is 45.3 Å². The van der Waals surface area contributed by atoms with Gasteiger partial charge >= 0.3 is 0 Å². The number of allylic oxidation sites excluding steroid dienone is 3. The Morgan fingerprint density at radius 1 is 1.12 bits per heavy atom. The molecule has 0 bridgehead atoms. The molecule has 4 aliphatic carbocycles. The van der Waals surface area contributed by atoms with Crippen LogP contribution < -0.4 is 0 Å². The second-order valence-corrected chi connectivity index (χ2v) is 13.8. The Bertz CT molecular complexity index is 845. The van der Waals surface area contributed by atoms with Crippen molar-refractivity contribution in [3.8, 4) is 0 Å². The third-order valence-electron chi connectivity index (χ3n) is 11.8. The van der Waals surface area contributed by atoms with Crippen LogP contribution >= 0.6 is 0 Å². The fourth-order valence-electron chi connectivity index (χ4n) is 9.60. The zero-order chi connectivity index (χ0) is 24.4. The number of carbonyl (C=O) groups excluding carboxylic acids is 1. The maximum absolute atomic E-state index is 12.8. The molecule has 0 aromatic carbocycles. The number of Topliss-reactive ketones (excluding diaryl/α,β-unsaturated/α-hetero) is 1. The molecule has 0 aliphatic heterocycles. The second-order valence-electron chi connectivity index (χ2n) is 13.8. The van der Waals surface area contributed by atoms with Crippen molar-refractivity contribution in [3.05, 3.63) is 23.3 Å². The van der Waals surface area contributed by atoms with Crippen LogP contribution in [0.25, 0.3) is 0 Å². The van der Waals surface area contributed by atoms with Gasteiger partial charge < -0.3 is 4.74 Å². The Morgan fingerprint density at radius 3 is 2.45 bits per heavy atom. The van der Waals surface area contributed by atoms with Crippen molar-refractivity contribution in [3.63, 3.8) is 0 Å². The topological polar surface area (TPSA) is 26.3 Å². The van der Waals surface area contributed by atoms with Crippen LogP contribution in [0.4, 0.5) is 0 Å². The van der Waals surface area contributed by atoms with E-state index < -0.39 is 0 Å². The van der Waals surface area contributed by atoms with Crippen LogP contribution in [-0.2, 0) is 9.53 Å². The third kappa shape index (κ3) is 3.64. The van der Waals surface area contributed by atoms with Gasteiger partial charge in [-0.3, -0.25) is 4.79 Å². The standard InChI is InChI=1S/C31H50O2/c1-20(2)18-22(33-9)19-21(3)23-12-16-31(8)25-10-11-26-28(4,5)27(32)14-15-29(26,6)24(25)13-17-30(23,31)7/h10,18,21-24,26H,11-17,19H2,1-9H3/t21-,22-,23-,24+,26+,29+,30-,31+/m0/s1. The molecule has 0 unspecified atom stereocenters. The van der Waals surface area contributed by atoms with Gasteiger partial charge in [0.25, 0.3) is 0 Å². The average molecular weight is 455 g/mol. The first-order valence-electron chi connectivity index (χ1n) is 13.7. The Hall–Kier alpha value is -0.890. The van der Waals surface area contributed by atoms with E-state index in [4.69, 9.17) is 4.74 Å². The van der Waals surface area contributed by atoms with Crippen LogP contribution in [0.5, 0.6) is 0 Å². The van der Waals surface area contributed by atoms with Gasteiger partial charge in [0.05, 0.1) is 6.10 Å². The van der Waals surface area contributed by atoms with Gasteiger partial charge in [-0.15, -0.1) is 0 Å². The molecule has 186 valence electrons. The van der Waals surface area contributed by atoms with Crippen LogP contribution in [0.1, 0.15) is 107 Å². The fraction of sp³-hybridized carbons (Fsp3) is 0.839. The third-order valence-corrected chi connectivity index (χ3v) is 11.8. The van der Waals surface area contributed by atoms with Gasteiger partial charge in [-0.05, 0) is 98.7 Å². The molecular weight excluding hydrogens is 404 g/mol. The predicted octanol–water partition coefficient (Wildman–Crippen LogP) is 8.17. The van der Waals surface area contributed by atoms with E-state index in [1.54, 1.807) is 5.57 Å². The molecule has 0 amide bonds. The van der Waals surface area contributed by atoms with Crippen LogP contribution in [0.3, 0.4) is 0 Å². The molecule has 3 saturated carbocycles. The summed E-state index contributed by atoms with van der Waals surface area (Å²) in [6.45, 7) is 19.1. The van der Waals surface area contributed by atoms with Crippen LogP contribution in [0.15, 0.2) is 23.3 Å². The molecule has 0 N–H and O–H groups in total. The predicted molar refractivity (Wildman–Crippen MR) is 138 cm³/mol. The minimum absolute atomic E-state index is 0.177. The van der Waals surface area contributed by atoms with Gasteiger partial charge in [0, 0.05) is 18.9 Å². The highest BCUT2D eigenvalue weighted by Gasteiger charge is 2.65. The van der Waals surface area contributed by atoms with Crippen molar-refractivity contribution in [1.29, 1.82) is 0 Å². The average Bonchev–Trinajstić information content (AvgIpc) is 3.02. The summed E-state index contributed by atoms with van der Waals surface area (Å²) in [4.78, 5) is 12.8. The van der Waals surface area contributed by atoms with E-state index in [0.717, 1.165) is 31.6 Å². The fourth-order valence-corrected chi connectivity index (χ4v) is 9.60. The first kappa shape index (κ1) is 25.2. The molecule has 0 radical (unpaired) electrons. The Kier molecular flexibility index (Phi) is 6.38. The summed E-state index contributed by atoms with van der Waals surface area (Å²) < 4.78 is 5.86. The first-order chi connectivity index (χ1) is 15.3. The van der Waals surface area contributed by atoms with Gasteiger partial charge in [-0.25, -0.2) is 0 Å². The number of ether oxygens (including phenoxy) is 1. The molecule has 4 rings (SSSR count). The van der Waals surface area contributed by atoms with Crippen molar-refractivity contribution in [2.24, 2.45) is 45.3 Å². The molecule has 0 aromatic rings. The Morgan fingerprint density at radius 2 is 1.82 bits per heavy atom. The van der Waals surface area contributed by atoms with E-state index in [2.05, 4.69) is 67.5 Å². The molecule has 8 atom stereocenters. The molecule has 0 aromatic heterocycles. The van der Waals surface area contributed by atoms with Crippen molar-refractivity contribution in [2.45, 2.75) is 113 Å². The number of rotatable bonds is 5. The zero-order valence-electron chi connectivity index (χ0n) is 23.0. The normalized spacial score (nSPS) is 43.6. The second kappa shape index (κ2) is 8.35. The van der Waals surface area contributed by atoms with Crippen molar-refractivity contribution >= 4 is 5.78 Å². The maximum Gasteiger partial charge on any atom is 0.138 e. The monoisotopic (exact) mass is 454 g/mol. The summed E-state index contributed by atoms with van der Waals surface area (Å²) in [5.41, 5.74) is 3.89. The molecule has 3 fully saturated rings. The molecule has 2 heteroatoms. The molecular formula is C31H50O2. The smallest absolute Gasteiger partial charge is 0.138 e. The summed E-state index contributed by atoms with van der Waals surface area (Å²) in [6.07, 6.45) is 14.6. The van der Waals surface area contributed by atoms with Crippen LogP contribution in [0.2, 0.25) is 0 Å². The Balaban J connectivity index is 1.63. The highest BCUT2D eigenvalue weighted by Crippen LogP contribution is 2.73. The lowest BCUT2D eigenvalue weighted by molar-refractivity contribution is -0.146. The number of hydrogen-bond donors (Lipinski definition) is 0. The molecule has 0 heterocycles. The van der Waals surface area contributed by atoms with E-state index in [0.29, 0.717) is 34.4 Å². The minimum atomic E-state index is -0.177. The van der Waals surface area contributed by atoms with Gasteiger partial charge in [-0.2, -0.15) is 0 Å². The number of hydrogen-bond acceptors (Lipinski definition) is 2. The lowest BCUT2D eigenvalue weighted by Gasteiger charge is -2.63. The number of ketones is 1. The number of fused-ring (bicyclic) bond motifs is 5. The summed E-state index contributed by atoms with van der Waals surface area (Å²) in [5, 5.41) is 0. The van der Waals surface area contributed by atoms with Gasteiger partial charge in [0.15, 0.2) is 0 Å². The summed E-state index contributed by atoms with van der Waals surface area (Å²) in [7, 11) is 1.86. The maximum atomic E-state index is 12.8. The highest BCUT2D eigenvalue weighted by molar-refractivity contribution is 5.85. The summed E-state index contributed by atoms with van der Waals surface area (Å²) in [5.74, 6) is 3.06. The SMILES string of the molecule is CO[C@@H](C=C(C)C)C[C@H](C)[C@@H]1CC[C@]2(C)C3=CC[C@@H]4C(C)(C)C(=O)CC[C@]4(C)[C@@H]3CC[C@@]12C. The van der Waals surface area contributed by atoms with Crippen LogP contribution in [-0.4, -0.2) is 19.0 Å². The van der Waals surface area contributed by atoms with E-state index in [1.807, 2.05) is 7.11 Å². The van der Waals surface area contributed by atoms with Gasteiger partial charge in [0.2, 0.25) is 0 Å². The van der Waals surface area contributed by atoms with Gasteiger partial charge in [0.1, 0.15) is 5.78 Å². The Labute approximate surface area is 204 Å². The number of carbonyl (C=O) groups is 1. The zero-order valence-corrected chi connectivity index (χ0v) is 23.0. The number of methoxy groups -OCH3 is 1. The lowest BCUT2D eigenvalue weighted by Crippen LogP contribution is -2.57.